The molecule has 3 aliphatic rings. The van der Waals surface area contributed by atoms with Crippen LogP contribution in [0.5, 0.6) is 11.5 Å². The zero-order valence-corrected chi connectivity index (χ0v) is 16.7. The van der Waals surface area contributed by atoms with Gasteiger partial charge in [-0.1, -0.05) is 22.0 Å². The van der Waals surface area contributed by atoms with E-state index in [-0.39, 0.29) is 11.5 Å². The van der Waals surface area contributed by atoms with Gasteiger partial charge in [-0.2, -0.15) is 0 Å². The first-order valence-electron chi connectivity index (χ1n) is 8.59. The molecule has 0 bridgehead atoms. The van der Waals surface area contributed by atoms with Gasteiger partial charge in [0.1, 0.15) is 6.10 Å². The molecule has 2 unspecified atom stereocenters. The number of hydrogen-bond donors (Lipinski definition) is 0. The van der Waals surface area contributed by atoms with Gasteiger partial charge < -0.3 is 23.8 Å². The van der Waals surface area contributed by atoms with Gasteiger partial charge in [-0.05, 0) is 24.1 Å². The summed E-state index contributed by atoms with van der Waals surface area (Å²) < 4.78 is 24.2. The van der Waals surface area contributed by atoms with Gasteiger partial charge >= 0.3 is 0 Å². The first-order valence-corrected chi connectivity index (χ1v) is 9.38. The minimum atomic E-state index is -0.806. The van der Waals surface area contributed by atoms with Gasteiger partial charge in [0.2, 0.25) is 6.41 Å². The van der Waals surface area contributed by atoms with Crippen molar-refractivity contribution in [3.05, 3.63) is 33.8 Å². The average Bonchev–Trinajstić information content (AvgIpc) is 2.89. The first-order chi connectivity index (χ1) is 12.5. The van der Waals surface area contributed by atoms with Gasteiger partial charge in [-0.25, -0.2) is 0 Å². The lowest BCUT2D eigenvalue weighted by Crippen LogP contribution is -2.49. The van der Waals surface area contributed by atoms with Crippen LogP contribution in [0.3, 0.4) is 0 Å². The van der Waals surface area contributed by atoms with Crippen molar-refractivity contribution in [2.24, 2.45) is 0 Å². The monoisotopic (exact) mass is 423 g/mol. The Labute approximate surface area is 161 Å². The predicted octanol–water partition coefficient (Wildman–Crippen LogP) is 2.77. The summed E-state index contributed by atoms with van der Waals surface area (Å²) in [4.78, 5) is 13.3. The maximum atomic E-state index is 11.5. The minimum absolute atomic E-state index is 0.157. The highest BCUT2D eigenvalue weighted by Crippen LogP contribution is 2.58. The normalized spacial score (nSPS) is 28.0. The van der Waals surface area contributed by atoms with Crippen LogP contribution in [0.4, 0.5) is 0 Å². The Hall–Kier alpha value is -1.57. The molecule has 0 radical (unpaired) electrons. The zero-order chi connectivity index (χ0) is 18.5. The van der Waals surface area contributed by atoms with Crippen LogP contribution in [0.1, 0.15) is 24.0 Å². The maximum absolute atomic E-state index is 11.5. The van der Waals surface area contributed by atoms with E-state index in [1.54, 1.807) is 26.2 Å². The fraction of sp³-hybridized carbons (Fsp3) is 0.526. The zero-order valence-electron chi connectivity index (χ0n) is 15.1. The Morgan fingerprint density at radius 1 is 1.31 bits per heavy atom. The third-order valence-electron chi connectivity index (χ3n) is 5.94. The van der Waals surface area contributed by atoms with Crippen molar-refractivity contribution in [1.82, 2.24) is 4.90 Å². The molecule has 2 aliphatic heterocycles. The largest absolute Gasteiger partial charge is 0.493 e. The summed E-state index contributed by atoms with van der Waals surface area (Å²) in [5.41, 5.74) is 1.84. The Morgan fingerprint density at radius 2 is 2.08 bits per heavy atom. The highest BCUT2D eigenvalue weighted by molar-refractivity contribution is 9.10. The van der Waals surface area contributed by atoms with Crippen molar-refractivity contribution in [3.63, 3.8) is 0 Å². The van der Waals surface area contributed by atoms with E-state index < -0.39 is 5.79 Å². The van der Waals surface area contributed by atoms with Gasteiger partial charge in [0.05, 0.1) is 12.5 Å². The third-order valence-corrected chi connectivity index (χ3v) is 6.64. The highest BCUT2D eigenvalue weighted by Gasteiger charge is 2.56. The Morgan fingerprint density at radius 3 is 2.73 bits per heavy atom. The second-order valence-corrected chi connectivity index (χ2v) is 7.83. The quantitative estimate of drug-likeness (QED) is 0.423. The summed E-state index contributed by atoms with van der Waals surface area (Å²) in [7, 11) is 4.91. The molecule has 26 heavy (non-hydrogen) atoms. The lowest BCUT2D eigenvalue weighted by Gasteiger charge is -2.41. The molecule has 0 saturated heterocycles. The van der Waals surface area contributed by atoms with Crippen molar-refractivity contribution in [3.8, 4) is 11.5 Å². The van der Waals surface area contributed by atoms with E-state index >= 15 is 0 Å². The number of methoxy groups -OCH3 is 3. The van der Waals surface area contributed by atoms with E-state index in [4.69, 9.17) is 18.9 Å². The predicted molar refractivity (Wildman–Crippen MR) is 98.4 cm³/mol. The third kappa shape index (κ3) is 2.33. The molecule has 2 atom stereocenters. The SMILES string of the molecule is COc1cc(Br)c2c3c1OC1CC(OC)(OC)C=CC31CCN(C=O)C2. The van der Waals surface area contributed by atoms with E-state index in [0.717, 1.165) is 34.2 Å². The molecular formula is C19H22BrNO5. The summed E-state index contributed by atoms with van der Waals surface area (Å²) in [5.74, 6) is 0.646. The van der Waals surface area contributed by atoms with Crippen LogP contribution in [0.2, 0.25) is 0 Å². The van der Waals surface area contributed by atoms with Gasteiger partial charge in [-0.3, -0.25) is 4.79 Å². The molecule has 1 aromatic carbocycles. The van der Waals surface area contributed by atoms with Crippen molar-refractivity contribution in [2.45, 2.75) is 36.7 Å². The first kappa shape index (κ1) is 17.8. The number of ether oxygens (including phenoxy) is 4. The fourth-order valence-corrected chi connectivity index (χ4v) is 4.98. The van der Waals surface area contributed by atoms with Gasteiger partial charge in [0, 0.05) is 43.8 Å². The summed E-state index contributed by atoms with van der Waals surface area (Å²) in [6.07, 6.45) is 6.22. The second kappa shape index (κ2) is 6.25. The van der Waals surface area contributed by atoms with Crippen LogP contribution in [0, 0.1) is 0 Å². The number of carbonyl (C=O) groups excluding carboxylic acids is 1. The van der Waals surface area contributed by atoms with E-state index in [9.17, 15) is 4.79 Å². The summed E-state index contributed by atoms with van der Waals surface area (Å²) in [5, 5.41) is 0. The molecule has 1 spiro atoms. The molecule has 0 saturated carbocycles. The number of halogens is 1. The number of nitrogens with zero attached hydrogens (tertiary/aromatic N) is 1. The molecule has 0 N–H and O–H groups in total. The number of rotatable bonds is 4. The van der Waals surface area contributed by atoms with E-state index in [1.165, 1.54) is 0 Å². The molecule has 0 fully saturated rings. The van der Waals surface area contributed by atoms with Crippen molar-refractivity contribution in [2.75, 3.05) is 27.9 Å². The van der Waals surface area contributed by atoms with Crippen molar-refractivity contribution < 1.29 is 23.7 Å². The molecule has 1 amide bonds. The van der Waals surface area contributed by atoms with Crippen LogP contribution in [0.25, 0.3) is 0 Å². The topological polar surface area (TPSA) is 57.2 Å². The lowest BCUT2D eigenvalue weighted by atomic mass is 9.68. The lowest BCUT2D eigenvalue weighted by molar-refractivity contribution is -0.192. The van der Waals surface area contributed by atoms with Crippen molar-refractivity contribution >= 4 is 22.3 Å². The average molecular weight is 424 g/mol. The molecule has 140 valence electrons. The molecule has 1 aliphatic carbocycles. The number of hydrogen-bond acceptors (Lipinski definition) is 5. The van der Waals surface area contributed by atoms with Crippen LogP contribution >= 0.6 is 15.9 Å². The minimum Gasteiger partial charge on any atom is -0.493 e. The molecule has 0 aromatic heterocycles. The van der Waals surface area contributed by atoms with Gasteiger partial charge in [0.15, 0.2) is 17.3 Å². The fourth-order valence-electron chi connectivity index (χ4n) is 4.44. The number of carbonyl (C=O) groups is 1. The molecular weight excluding hydrogens is 402 g/mol. The smallest absolute Gasteiger partial charge is 0.210 e. The Balaban J connectivity index is 1.94. The van der Waals surface area contributed by atoms with E-state index in [2.05, 4.69) is 22.0 Å². The van der Waals surface area contributed by atoms with E-state index in [1.807, 2.05) is 12.1 Å². The highest BCUT2D eigenvalue weighted by atomic mass is 79.9. The van der Waals surface area contributed by atoms with Crippen LogP contribution in [-0.2, 0) is 26.2 Å². The maximum Gasteiger partial charge on any atom is 0.210 e. The Bertz CT molecular complexity index is 776. The van der Waals surface area contributed by atoms with Gasteiger partial charge in [0.25, 0.3) is 0 Å². The second-order valence-electron chi connectivity index (χ2n) is 6.97. The molecule has 1 aromatic rings. The van der Waals surface area contributed by atoms with Crippen molar-refractivity contribution in [1.29, 1.82) is 0 Å². The Kier molecular flexibility index (Phi) is 4.28. The van der Waals surface area contributed by atoms with Gasteiger partial charge in [-0.15, -0.1) is 0 Å². The molecule has 4 rings (SSSR count). The summed E-state index contributed by atoms with van der Waals surface area (Å²) >= 11 is 3.67. The van der Waals surface area contributed by atoms with Crippen LogP contribution < -0.4 is 9.47 Å². The molecule has 7 heteroatoms. The summed E-state index contributed by atoms with van der Waals surface area (Å²) in [6.45, 7) is 1.20. The molecule has 6 nitrogen and oxygen atoms in total. The number of amides is 1. The standard InChI is InChI=1S/C19H22BrNO5/c1-23-14-8-13(20)12-10-21(11-22)7-6-18-4-5-19(24-2,25-3)9-15(18)26-17(14)16(12)18/h4-5,8,11,15H,6-7,9-10H2,1-3H3. The summed E-state index contributed by atoms with van der Waals surface area (Å²) in [6, 6.07) is 1.91. The van der Waals surface area contributed by atoms with Crippen LogP contribution in [0.15, 0.2) is 22.7 Å². The van der Waals surface area contributed by atoms with Crippen LogP contribution in [-0.4, -0.2) is 51.1 Å². The molecule has 2 heterocycles. The van der Waals surface area contributed by atoms with E-state index in [0.29, 0.717) is 25.3 Å². The number of benzene rings is 1.